The summed E-state index contributed by atoms with van der Waals surface area (Å²) in [6.45, 7) is 2.38. The van der Waals surface area contributed by atoms with Gasteiger partial charge >= 0.3 is 7.12 Å². The van der Waals surface area contributed by atoms with Crippen LogP contribution in [0.2, 0.25) is 0 Å². The van der Waals surface area contributed by atoms with Crippen molar-refractivity contribution >= 4 is 29.4 Å². The number of benzene rings is 2. The fraction of sp³-hybridized carbons (Fsp3) is 0.111. The first-order chi connectivity index (χ1) is 13.1. The second-order valence-corrected chi connectivity index (χ2v) is 6.08. The average molecular weight is 360 g/mol. The molecular formula is C18H17BN6O2. The van der Waals surface area contributed by atoms with E-state index < -0.39 is 7.12 Å². The quantitative estimate of drug-likeness (QED) is 0.392. The Kier molecular flexibility index (Phi) is 4.53. The van der Waals surface area contributed by atoms with Crippen LogP contribution < -0.4 is 10.8 Å². The molecule has 8 nitrogen and oxygen atoms in total. The number of aryl methyl sites for hydroxylation is 1. The third kappa shape index (κ3) is 3.50. The molecule has 4 rings (SSSR count). The van der Waals surface area contributed by atoms with E-state index in [1.54, 1.807) is 19.1 Å². The highest BCUT2D eigenvalue weighted by atomic mass is 16.4. The number of hydrogen-bond donors (Lipinski definition) is 4. The Morgan fingerprint density at radius 1 is 1.00 bits per heavy atom. The molecule has 134 valence electrons. The molecular weight excluding hydrogens is 343 g/mol. The number of aromatic amines is 1. The number of nitrogens with zero attached hydrogens (tertiary/aromatic N) is 4. The maximum absolute atomic E-state index is 9.52. The number of H-pyrrole nitrogens is 1. The van der Waals surface area contributed by atoms with Gasteiger partial charge in [0.05, 0.1) is 5.52 Å². The van der Waals surface area contributed by atoms with Crippen molar-refractivity contribution in [2.24, 2.45) is 0 Å². The maximum Gasteiger partial charge on any atom is 0.490 e. The van der Waals surface area contributed by atoms with E-state index in [1.165, 1.54) is 0 Å². The largest absolute Gasteiger partial charge is 0.490 e. The minimum Gasteiger partial charge on any atom is -0.423 e. The van der Waals surface area contributed by atoms with E-state index >= 15 is 0 Å². The monoisotopic (exact) mass is 360 g/mol. The molecule has 9 heteroatoms. The summed E-state index contributed by atoms with van der Waals surface area (Å²) in [5, 5.41) is 30.1. The summed E-state index contributed by atoms with van der Waals surface area (Å²) < 4.78 is 0. The predicted octanol–water partition coefficient (Wildman–Crippen LogP) is 1.02. The van der Waals surface area contributed by atoms with Crippen LogP contribution >= 0.6 is 0 Å². The molecule has 2 heterocycles. The second-order valence-electron chi connectivity index (χ2n) is 6.08. The topological polar surface area (TPSA) is 120 Å². The van der Waals surface area contributed by atoms with Crippen LogP contribution in [0.5, 0.6) is 0 Å². The maximum atomic E-state index is 9.52. The van der Waals surface area contributed by atoms with Gasteiger partial charge in [0, 0.05) is 17.4 Å². The summed E-state index contributed by atoms with van der Waals surface area (Å²) in [4.78, 5) is 13.2. The molecule has 0 amide bonds. The molecule has 2 aromatic carbocycles. The van der Waals surface area contributed by atoms with Crippen molar-refractivity contribution in [3.63, 3.8) is 0 Å². The van der Waals surface area contributed by atoms with Crippen molar-refractivity contribution < 1.29 is 10.0 Å². The molecule has 0 spiro atoms. The van der Waals surface area contributed by atoms with Crippen molar-refractivity contribution in [3.05, 3.63) is 59.9 Å². The Bertz CT molecular complexity index is 1080. The third-order valence-electron chi connectivity index (χ3n) is 4.16. The molecule has 0 unspecified atom stereocenters. The molecule has 0 saturated carbocycles. The van der Waals surface area contributed by atoms with Gasteiger partial charge in [-0.15, -0.1) is 0 Å². The van der Waals surface area contributed by atoms with Gasteiger partial charge in [0.15, 0.2) is 5.82 Å². The Hall–Kier alpha value is -3.30. The summed E-state index contributed by atoms with van der Waals surface area (Å²) in [7, 11) is -1.59. The van der Waals surface area contributed by atoms with E-state index in [0.29, 0.717) is 46.2 Å². The van der Waals surface area contributed by atoms with Crippen molar-refractivity contribution in [2.45, 2.75) is 13.5 Å². The number of para-hydroxylation sites is 1. The number of nitrogens with one attached hydrogen (secondary N) is 2. The zero-order chi connectivity index (χ0) is 18.8. The van der Waals surface area contributed by atoms with Gasteiger partial charge in [0.1, 0.15) is 11.5 Å². The predicted molar refractivity (Wildman–Crippen MR) is 103 cm³/mol. The van der Waals surface area contributed by atoms with Gasteiger partial charge in [-0.25, -0.2) is 4.98 Å². The lowest BCUT2D eigenvalue weighted by atomic mass is 9.79. The van der Waals surface area contributed by atoms with Crippen molar-refractivity contribution in [3.8, 4) is 11.5 Å². The molecule has 4 N–H and O–H groups in total. The van der Waals surface area contributed by atoms with Crippen LogP contribution in [0.3, 0.4) is 0 Å². The summed E-state index contributed by atoms with van der Waals surface area (Å²) in [5.74, 6) is 1.43. The van der Waals surface area contributed by atoms with E-state index in [9.17, 15) is 10.0 Å². The number of hydrogen-bond acceptors (Lipinski definition) is 7. The van der Waals surface area contributed by atoms with Gasteiger partial charge in [0.2, 0.25) is 5.95 Å². The van der Waals surface area contributed by atoms with Crippen LogP contribution in [0.25, 0.3) is 22.4 Å². The minimum absolute atomic E-state index is 0.347. The molecule has 27 heavy (non-hydrogen) atoms. The molecule has 0 radical (unpaired) electrons. The number of anilines is 1. The smallest absolute Gasteiger partial charge is 0.423 e. The average Bonchev–Trinajstić information content (AvgIpc) is 3.11. The molecule has 0 atom stereocenters. The second kappa shape index (κ2) is 7.14. The lowest BCUT2D eigenvalue weighted by molar-refractivity contribution is 0.426. The highest BCUT2D eigenvalue weighted by Crippen LogP contribution is 2.23. The summed E-state index contributed by atoms with van der Waals surface area (Å²) in [6, 6.07) is 15.1. The van der Waals surface area contributed by atoms with Crippen LogP contribution in [0, 0.1) is 6.92 Å². The van der Waals surface area contributed by atoms with Gasteiger partial charge in [-0.3, -0.25) is 5.10 Å². The Labute approximate surface area is 155 Å². The molecule has 4 aromatic rings. The normalized spacial score (nSPS) is 10.9. The zero-order valence-electron chi connectivity index (χ0n) is 14.6. The van der Waals surface area contributed by atoms with E-state index in [1.807, 2.05) is 36.4 Å². The minimum atomic E-state index is -1.59. The van der Waals surface area contributed by atoms with Gasteiger partial charge in [0.25, 0.3) is 0 Å². The first-order valence-electron chi connectivity index (χ1n) is 8.46. The summed E-state index contributed by atoms with van der Waals surface area (Å²) in [6.07, 6.45) is 0. The molecule has 0 aliphatic heterocycles. The van der Waals surface area contributed by atoms with E-state index in [0.717, 1.165) is 5.56 Å². The highest BCUT2D eigenvalue weighted by molar-refractivity contribution is 6.61. The fourth-order valence-electron chi connectivity index (χ4n) is 2.89. The molecule has 0 aliphatic rings. The first-order valence-corrected chi connectivity index (χ1v) is 8.46. The number of aromatic nitrogens is 5. The van der Waals surface area contributed by atoms with Crippen LogP contribution in [-0.2, 0) is 6.54 Å². The van der Waals surface area contributed by atoms with E-state index in [-0.39, 0.29) is 0 Å². The lowest BCUT2D eigenvalue weighted by Crippen LogP contribution is -2.30. The Morgan fingerprint density at radius 3 is 2.59 bits per heavy atom. The SMILES string of the molecule is Cc1nc(NCc2ccccc2)nc(-c2n[nH]c3c(B(O)O)cccc23)n1. The molecule has 2 aromatic heterocycles. The molecule has 0 fully saturated rings. The van der Waals surface area contributed by atoms with Crippen LogP contribution in [0.15, 0.2) is 48.5 Å². The van der Waals surface area contributed by atoms with Crippen LogP contribution in [-0.4, -0.2) is 42.3 Å². The van der Waals surface area contributed by atoms with Crippen molar-refractivity contribution in [1.29, 1.82) is 0 Å². The lowest BCUT2D eigenvalue weighted by Gasteiger charge is -2.07. The van der Waals surface area contributed by atoms with Gasteiger partial charge in [-0.05, 0) is 12.5 Å². The molecule has 0 bridgehead atoms. The van der Waals surface area contributed by atoms with Crippen LogP contribution in [0.4, 0.5) is 5.95 Å². The summed E-state index contributed by atoms with van der Waals surface area (Å²) >= 11 is 0. The van der Waals surface area contributed by atoms with E-state index in [2.05, 4.69) is 30.5 Å². The van der Waals surface area contributed by atoms with Gasteiger partial charge in [-0.1, -0.05) is 48.5 Å². The first kappa shape index (κ1) is 17.1. The van der Waals surface area contributed by atoms with Crippen molar-refractivity contribution in [1.82, 2.24) is 25.1 Å². The fourth-order valence-corrected chi connectivity index (χ4v) is 2.89. The third-order valence-corrected chi connectivity index (χ3v) is 4.16. The zero-order valence-corrected chi connectivity index (χ0v) is 14.6. The van der Waals surface area contributed by atoms with E-state index in [4.69, 9.17) is 0 Å². The highest BCUT2D eigenvalue weighted by Gasteiger charge is 2.20. The van der Waals surface area contributed by atoms with Gasteiger partial charge in [-0.2, -0.15) is 15.1 Å². The molecule has 0 saturated heterocycles. The number of fused-ring (bicyclic) bond motifs is 1. The summed E-state index contributed by atoms with van der Waals surface area (Å²) in [5.41, 5.74) is 2.53. The Morgan fingerprint density at radius 2 is 1.81 bits per heavy atom. The standard InChI is InChI=1S/C18H17BN6O2/c1-11-21-17(23-18(22-11)20-10-12-6-3-2-4-7-12)16-13-8-5-9-14(19(26)27)15(13)24-25-16/h2-9,26-27H,10H2,1H3,(H,24,25)(H,20,21,22,23). The molecule has 0 aliphatic carbocycles. The Balaban J connectivity index is 1.69. The van der Waals surface area contributed by atoms with Crippen LogP contribution in [0.1, 0.15) is 11.4 Å². The number of rotatable bonds is 5. The van der Waals surface area contributed by atoms with Gasteiger partial charge < -0.3 is 15.4 Å². The van der Waals surface area contributed by atoms with Crippen molar-refractivity contribution in [2.75, 3.05) is 5.32 Å².